The molecule has 0 N–H and O–H groups in total. The van der Waals surface area contributed by atoms with Gasteiger partial charge in [-0.3, -0.25) is 14.4 Å². The molecule has 6 unspecified atom stereocenters. The summed E-state index contributed by atoms with van der Waals surface area (Å²) >= 11 is 0. The van der Waals surface area contributed by atoms with Crippen LogP contribution in [0.1, 0.15) is 47.0 Å². The average molecular weight is 416 g/mol. The van der Waals surface area contributed by atoms with Gasteiger partial charge >= 0.3 is 5.97 Å². The predicted octanol–water partition coefficient (Wildman–Crippen LogP) is 3.37. The molecule has 1 saturated heterocycles. The van der Waals surface area contributed by atoms with Gasteiger partial charge in [0.2, 0.25) is 0 Å². The van der Waals surface area contributed by atoms with Gasteiger partial charge in [-0.15, -0.1) is 0 Å². The van der Waals surface area contributed by atoms with Crippen LogP contribution in [0.15, 0.2) is 23.8 Å². The molecule has 5 nitrogen and oxygen atoms in total. The Kier molecular flexibility index (Phi) is 4.10. The molecule has 1 heterocycles. The van der Waals surface area contributed by atoms with Crippen LogP contribution in [0.2, 0.25) is 0 Å². The molecule has 0 bridgehead atoms. The Balaban J connectivity index is 1.51. The van der Waals surface area contributed by atoms with Crippen LogP contribution in [0.3, 0.4) is 0 Å². The number of Topliss-reactive ketones (excluding diaryl/α,β-unsaturated/α-hetero) is 1. The number of ketones is 2. The summed E-state index contributed by atoms with van der Waals surface area (Å²) in [5.41, 5.74) is -0.877. The summed E-state index contributed by atoms with van der Waals surface area (Å²) in [6.45, 7) is 7.34. The van der Waals surface area contributed by atoms with Gasteiger partial charge in [0.15, 0.2) is 11.6 Å². The molecule has 0 radical (unpaired) electrons. The maximum atomic E-state index is 15.4. The lowest BCUT2D eigenvalue weighted by molar-refractivity contribution is -0.149. The Hall–Kier alpha value is -1.82. The molecule has 30 heavy (non-hydrogen) atoms. The van der Waals surface area contributed by atoms with E-state index in [0.29, 0.717) is 12.0 Å². The molecule has 3 saturated carbocycles. The molecule has 5 aliphatic rings. The first-order valence-electron chi connectivity index (χ1n) is 11.0. The summed E-state index contributed by atoms with van der Waals surface area (Å²) in [7, 11) is 0. The Bertz CT molecular complexity index is 907. The third-order valence-corrected chi connectivity index (χ3v) is 9.03. The smallest absolute Gasteiger partial charge is 0.303 e. The van der Waals surface area contributed by atoms with Crippen molar-refractivity contribution in [1.82, 2.24) is 0 Å². The average Bonchev–Trinajstić information content (AvgIpc) is 3.31. The number of carbonyl (C=O) groups excluding carboxylic acids is 3. The maximum Gasteiger partial charge on any atom is 0.303 e. The van der Waals surface area contributed by atoms with Gasteiger partial charge in [-0.2, -0.15) is 0 Å². The zero-order chi connectivity index (χ0) is 21.6. The van der Waals surface area contributed by atoms with Gasteiger partial charge in [0.25, 0.3) is 0 Å². The number of allylic oxidation sites excluding steroid dienone is 2. The third-order valence-electron chi connectivity index (χ3n) is 9.03. The third kappa shape index (κ3) is 2.34. The molecule has 0 amide bonds. The van der Waals surface area contributed by atoms with Crippen LogP contribution in [-0.4, -0.2) is 42.0 Å². The van der Waals surface area contributed by atoms with Crippen LogP contribution in [0.5, 0.6) is 0 Å². The normalized spacial score (nSPS) is 50.6. The van der Waals surface area contributed by atoms with E-state index in [1.54, 1.807) is 6.08 Å². The molecule has 0 aromatic heterocycles. The van der Waals surface area contributed by atoms with Crippen molar-refractivity contribution in [3.05, 3.63) is 23.8 Å². The first-order chi connectivity index (χ1) is 14.0. The lowest BCUT2D eigenvalue weighted by Gasteiger charge is -2.55. The zero-order valence-corrected chi connectivity index (χ0v) is 17.9. The van der Waals surface area contributed by atoms with E-state index in [1.807, 2.05) is 13.0 Å². The molecule has 1 aliphatic heterocycles. The van der Waals surface area contributed by atoms with Crippen molar-refractivity contribution < 1.29 is 28.2 Å². The SMILES string of the molecule is CC(=O)OCC(=O)C1C(C)CC2C3CC(F)C4=CC(=O)C=C[C@]4(C)[C@@]34OC4C[C@@]21C. The highest BCUT2D eigenvalue weighted by Gasteiger charge is 2.80. The van der Waals surface area contributed by atoms with E-state index in [4.69, 9.17) is 9.47 Å². The first kappa shape index (κ1) is 20.1. The number of carbonyl (C=O) groups is 3. The number of alkyl halides is 1. The van der Waals surface area contributed by atoms with E-state index in [0.717, 1.165) is 12.8 Å². The molecular formula is C24H29FO5. The highest BCUT2D eigenvalue weighted by molar-refractivity contribution is 6.01. The largest absolute Gasteiger partial charge is 0.458 e. The summed E-state index contributed by atoms with van der Waals surface area (Å²) in [5.74, 6) is -0.603. The summed E-state index contributed by atoms with van der Waals surface area (Å²) in [5, 5.41) is 0. The molecule has 4 aliphatic carbocycles. The van der Waals surface area contributed by atoms with Crippen molar-refractivity contribution in [1.29, 1.82) is 0 Å². The number of hydrogen-bond donors (Lipinski definition) is 0. The molecule has 0 aromatic carbocycles. The maximum absolute atomic E-state index is 15.4. The number of rotatable bonds is 3. The van der Waals surface area contributed by atoms with E-state index in [9.17, 15) is 14.4 Å². The second-order valence-corrected chi connectivity index (χ2v) is 10.5. The number of esters is 1. The first-order valence-corrected chi connectivity index (χ1v) is 11.0. The highest BCUT2D eigenvalue weighted by atomic mass is 19.1. The molecule has 162 valence electrons. The number of halogens is 1. The van der Waals surface area contributed by atoms with Gasteiger partial charge in [-0.25, -0.2) is 4.39 Å². The Morgan fingerprint density at radius 3 is 2.70 bits per heavy atom. The molecule has 6 heteroatoms. The molecule has 0 aromatic rings. The fourth-order valence-corrected chi connectivity index (χ4v) is 7.95. The molecule has 5 rings (SSSR count). The van der Waals surface area contributed by atoms with Gasteiger partial charge in [-0.1, -0.05) is 19.9 Å². The Morgan fingerprint density at radius 2 is 2.00 bits per heavy atom. The van der Waals surface area contributed by atoms with E-state index in [-0.39, 0.29) is 53.4 Å². The quantitative estimate of drug-likeness (QED) is 0.521. The number of hydrogen-bond acceptors (Lipinski definition) is 5. The fraction of sp³-hybridized carbons (Fsp3) is 0.708. The van der Waals surface area contributed by atoms with Crippen LogP contribution in [0.25, 0.3) is 0 Å². The van der Waals surface area contributed by atoms with Crippen LogP contribution in [-0.2, 0) is 23.9 Å². The van der Waals surface area contributed by atoms with Gasteiger partial charge in [-0.05, 0) is 67.1 Å². The molecule has 1 spiro atoms. The lowest BCUT2D eigenvalue weighted by Crippen LogP contribution is -2.59. The predicted molar refractivity (Wildman–Crippen MR) is 106 cm³/mol. The standard InChI is InChI=1S/C24H29FO5/c1-12-7-15-16-9-18(25)17-8-14(27)5-6-23(17,4)24(16)20(30-24)10-22(15,3)21(12)19(28)11-29-13(2)26/h5-6,8,12,15-16,18,20-21H,7,9-11H2,1-4H3/t12?,15?,16?,18?,20?,21?,22-,23-,24+/m0/s1. The highest BCUT2D eigenvalue weighted by Crippen LogP contribution is 2.76. The lowest BCUT2D eigenvalue weighted by atomic mass is 9.47. The number of fused-ring (bicyclic) bond motifs is 3. The van der Waals surface area contributed by atoms with Crippen molar-refractivity contribution >= 4 is 17.5 Å². The van der Waals surface area contributed by atoms with E-state index in [2.05, 4.69) is 13.8 Å². The monoisotopic (exact) mass is 416 g/mol. The van der Waals surface area contributed by atoms with E-state index in [1.165, 1.54) is 13.0 Å². The molecule has 4 fully saturated rings. The van der Waals surface area contributed by atoms with Crippen molar-refractivity contribution in [2.24, 2.45) is 34.5 Å². The van der Waals surface area contributed by atoms with E-state index >= 15 is 4.39 Å². The van der Waals surface area contributed by atoms with Crippen LogP contribution in [0.4, 0.5) is 4.39 Å². The Labute approximate surface area is 176 Å². The van der Waals surface area contributed by atoms with Gasteiger partial charge < -0.3 is 9.47 Å². The number of ether oxygens (including phenoxy) is 2. The topological polar surface area (TPSA) is 73.0 Å². The van der Waals surface area contributed by atoms with Gasteiger partial charge in [0.1, 0.15) is 18.4 Å². The summed E-state index contributed by atoms with van der Waals surface area (Å²) < 4.78 is 26.8. The Morgan fingerprint density at radius 1 is 1.27 bits per heavy atom. The minimum absolute atomic E-state index is 0.00905. The number of epoxide rings is 1. The minimum atomic E-state index is -1.18. The fourth-order valence-electron chi connectivity index (χ4n) is 7.95. The summed E-state index contributed by atoms with van der Waals surface area (Å²) in [4.78, 5) is 36.2. The van der Waals surface area contributed by atoms with Crippen molar-refractivity contribution in [2.75, 3.05) is 6.61 Å². The van der Waals surface area contributed by atoms with Gasteiger partial charge in [0.05, 0.1) is 6.10 Å². The summed E-state index contributed by atoms with van der Waals surface area (Å²) in [6.07, 6.45) is 5.52. The zero-order valence-electron chi connectivity index (χ0n) is 17.9. The van der Waals surface area contributed by atoms with Crippen molar-refractivity contribution in [3.63, 3.8) is 0 Å². The van der Waals surface area contributed by atoms with Crippen molar-refractivity contribution in [3.8, 4) is 0 Å². The molecular weight excluding hydrogens is 387 g/mol. The second kappa shape index (κ2) is 6.12. The van der Waals surface area contributed by atoms with Crippen LogP contribution in [0, 0.1) is 34.5 Å². The molecule has 9 atom stereocenters. The van der Waals surface area contributed by atoms with Crippen molar-refractivity contribution in [2.45, 2.75) is 64.8 Å². The van der Waals surface area contributed by atoms with Crippen LogP contribution < -0.4 is 0 Å². The minimum Gasteiger partial charge on any atom is -0.458 e. The second-order valence-electron chi connectivity index (χ2n) is 10.5. The van der Waals surface area contributed by atoms with E-state index < -0.39 is 23.2 Å². The summed E-state index contributed by atoms with van der Waals surface area (Å²) in [6, 6.07) is 0. The van der Waals surface area contributed by atoms with Gasteiger partial charge in [0, 0.05) is 18.3 Å². The van der Waals surface area contributed by atoms with Crippen LogP contribution >= 0.6 is 0 Å².